The van der Waals surface area contributed by atoms with Crippen LogP contribution in [0, 0.1) is 6.92 Å². The van der Waals surface area contributed by atoms with Gasteiger partial charge in [0.15, 0.2) is 0 Å². The maximum atomic E-state index is 5.42. The minimum absolute atomic E-state index is 0.528. The highest BCUT2D eigenvalue weighted by molar-refractivity contribution is 5.88. The number of anilines is 3. The molecule has 1 aromatic carbocycles. The molecule has 0 aliphatic carbocycles. The highest BCUT2D eigenvalue weighted by Gasteiger charge is 2.10. The van der Waals surface area contributed by atoms with Crippen molar-refractivity contribution in [3.05, 3.63) is 36.0 Å². The van der Waals surface area contributed by atoms with Crippen LogP contribution in [-0.2, 0) is 0 Å². The van der Waals surface area contributed by atoms with Crippen molar-refractivity contribution in [2.24, 2.45) is 0 Å². The first-order valence-electron chi connectivity index (χ1n) is 7.72. The van der Waals surface area contributed by atoms with E-state index >= 15 is 0 Å². The molecule has 2 aromatic heterocycles. The van der Waals surface area contributed by atoms with Crippen molar-refractivity contribution in [1.29, 1.82) is 0 Å². The number of fused-ring (bicyclic) bond motifs is 1. The van der Waals surface area contributed by atoms with Crippen LogP contribution in [0.2, 0.25) is 0 Å². The van der Waals surface area contributed by atoms with Crippen molar-refractivity contribution < 1.29 is 4.74 Å². The molecule has 0 saturated carbocycles. The third kappa shape index (κ3) is 3.21. The second kappa shape index (κ2) is 6.56. The molecule has 3 rings (SSSR count). The molecule has 0 amide bonds. The predicted octanol–water partition coefficient (Wildman–Crippen LogP) is 3.84. The summed E-state index contributed by atoms with van der Waals surface area (Å²) in [7, 11) is 1.66. The molecule has 0 aliphatic heterocycles. The quantitative estimate of drug-likeness (QED) is 0.645. The van der Waals surface area contributed by atoms with Crippen LogP contribution in [0.1, 0.15) is 18.9 Å². The summed E-state index contributed by atoms with van der Waals surface area (Å²) < 4.78 is 5.42. The molecule has 2 heterocycles. The van der Waals surface area contributed by atoms with Crippen LogP contribution in [0.3, 0.4) is 0 Å². The Bertz CT molecular complexity index is 812. The van der Waals surface area contributed by atoms with Gasteiger partial charge in [0, 0.05) is 12.7 Å². The SMILES string of the molecule is CCCNc1nc(Nc2ccc(C)cc2OC)nc2[nH]ccc12. The number of rotatable bonds is 6. The van der Waals surface area contributed by atoms with Gasteiger partial charge in [-0.2, -0.15) is 9.97 Å². The molecule has 0 saturated heterocycles. The lowest BCUT2D eigenvalue weighted by molar-refractivity contribution is 0.416. The van der Waals surface area contributed by atoms with Crippen molar-refractivity contribution in [1.82, 2.24) is 15.0 Å². The monoisotopic (exact) mass is 311 g/mol. The number of methoxy groups -OCH3 is 1. The Balaban J connectivity index is 1.96. The lowest BCUT2D eigenvalue weighted by Gasteiger charge is -2.12. The molecule has 3 aromatic rings. The third-order valence-corrected chi connectivity index (χ3v) is 3.56. The van der Waals surface area contributed by atoms with Crippen LogP contribution in [0.5, 0.6) is 5.75 Å². The van der Waals surface area contributed by atoms with E-state index in [1.807, 2.05) is 37.4 Å². The van der Waals surface area contributed by atoms with Gasteiger partial charge in [-0.3, -0.25) is 0 Å². The maximum absolute atomic E-state index is 5.42. The number of aromatic nitrogens is 3. The van der Waals surface area contributed by atoms with E-state index in [1.54, 1.807) is 7.11 Å². The van der Waals surface area contributed by atoms with Gasteiger partial charge >= 0.3 is 0 Å². The molecule has 23 heavy (non-hydrogen) atoms. The molecule has 0 radical (unpaired) electrons. The van der Waals surface area contributed by atoms with Gasteiger partial charge in [-0.05, 0) is 37.1 Å². The van der Waals surface area contributed by atoms with Gasteiger partial charge in [0.1, 0.15) is 17.2 Å². The third-order valence-electron chi connectivity index (χ3n) is 3.56. The summed E-state index contributed by atoms with van der Waals surface area (Å²) in [6.45, 7) is 5.02. The molecular weight excluding hydrogens is 290 g/mol. The molecule has 0 unspecified atom stereocenters. The normalized spacial score (nSPS) is 10.7. The molecule has 0 spiro atoms. The van der Waals surface area contributed by atoms with Crippen LogP contribution < -0.4 is 15.4 Å². The topological polar surface area (TPSA) is 74.9 Å². The van der Waals surface area contributed by atoms with Crippen molar-refractivity contribution >= 4 is 28.5 Å². The summed E-state index contributed by atoms with van der Waals surface area (Å²) in [6, 6.07) is 7.94. The number of nitrogens with one attached hydrogen (secondary N) is 3. The molecule has 0 bridgehead atoms. The Labute approximate surface area is 135 Å². The van der Waals surface area contributed by atoms with E-state index in [0.717, 1.165) is 46.8 Å². The van der Waals surface area contributed by atoms with Crippen LogP contribution in [0.15, 0.2) is 30.5 Å². The summed E-state index contributed by atoms with van der Waals surface area (Å²) >= 11 is 0. The minimum atomic E-state index is 0.528. The zero-order valence-electron chi connectivity index (χ0n) is 13.6. The second-order valence-electron chi connectivity index (χ2n) is 5.39. The van der Waals surface area contributed by atoms with Crippen molar-refractivity contribution in [3.63, 3.8) is 0 Å². The number of aryl methyl sites for hydroxylation is 1. The van der Waals surface area contributed by atoms with Gasteiger partial charge < -0.3 is 20.4 Å². The summed E-state index contributed by atoms with van der Waals surface area (Å²) in [6.07, 6.45) is 2.90. The smallest absolute Gasteiger partial charge is 0.231 e. The lowest BCUT2D eigenvalue weighted by atomic mass is 10.2. The van der Waals surface area contributed by atoms with E-state index < -0.39 is 0 Å². The molecule has 0 fully saturated rings. The fraction of sp³-hybridized carbons (Fsp3) is 0.294. The molecule has 6 nitrogen and oxygen atoms in total. The highest BCUT2D eigenvalue weighted by atomic mass is 16.5. The molecule has 120 valence electrons. The molecule has 3 N–H and O–H groups in total. The van der Waals surface area contributed by atoms with E-state index in [2.05, 4.69) is 32.5 Å². The Morgan fingerprint density at radius 3 is 2.87 bits per heavy atom. The zero-order valence-corrected chi connectivity index (χ0v) is 13.6. The summed E-state index contributed by atoms with van der Waals surface area (Å²) in [5, 5.41) is 7.57. The number of nitrogens with zero attached hydrogens (tertiary/aromatic N) is 2. The largest absolute Gasteiger partial charge is 0.495 e. The van der Waals surface area contributed by atoms with Gasteiger partial charge in [0.05, 0.1) is 18.2 Å². The molecule has 6 heteroatoms. The second-order valence-corrected chi connectivity index (χ2v) is 5.39. The minimum Gasteiger partial charge on any atom is -0.495 e. The molecular formula is C17H21N5O. The molecule has 0 aliphatic rings. The Morgan fingerprint density at radius 1 is 1.22 bits per heavy atom. The summed E-state index contributed by atoms with van der Waals surface area (Å²) in [4.78, 5) is 12.3. The van der Waals surface area contributed by atoms with Gasteiger partial charge in [-0.15, -0.1) is 0 Å². The van der Waals surface area contributed by atoms with Gasteiger partial charge in [0.2, 0.25) is 5.95 Å². The number of ether oxygens (including phenoxy) is 1. The summed E-state index contributed by atoms with van der Waals surface area (Å²) in [5.74, 6) is 2.12. The average Bonchev–Trinajstić information content (AvgIpc) is 3.02. The Kier molecular flexibility index (Phi) is 4.32. The van der Waals surface area contributed by atoms with Crippen molar-refractivity contribution in [2.45, 2.75) is 20.3 Å². The Hall–Kier alpha value is -2.76. The van der Waals surface area contributed by atoms with Gasteiger partial charge in [-0.25, -0.2) is 0 Å². The number of H-pyrrole nitrogens is 1. The van der Waals surface area contributed by atoms with Crippen LogP contribution in [-0.4, -0.2) is 28.6 Å². The van der Waals surface area contributed by atoms with Crippen molar-refractivity contribution in [3.8, 4) is 5.75 Å². The zero-order chi connectivity index (χ0) is 16.2. The van der Waals surface area contributed by atoms with E-state index in [0.29, 0.717) is 5.95 Å². The highest BCUT2D eigenvalue weighted by Crippen LogP contribution is 2.29. The van der Waals surface area contributed by atoms with Crippen LogP contribution in [0.25, 0.3) is 11.0 Å². The summed E-state index contributed by atoms with van der Waals surface area (Å²) in [5.41, 5.74) is 2.77. The fourth-order valence-electron chi connectivity index (χ4n) is 2.40. The number of benzene rings is 1. The Morgan fingerprint density at radius 2 is 2.09 bits per heavy atom. The number of hydrogen-bond acceptors (Lipinski definition) is 5. The van der Waals surface area contributed by atoms with E-state index in [9.17, 15) is 0 Å². The van der Waals surface area contributed by atoms with E-state index in [1.165, 1.54) is 0 Å². The van der Waals surface area contributed by atoms with E-state index in [-0.39, 0.29) is 0 Å². The average molecular weight is 311 g/mol. The molecule has 0 atom stereocenters. The van der Waals surface area contributed by atoms with Crippen LogP contribution >= 0.6 is 0 Å². The number of aromatic amines is 1. The fourth-order valence-corrected chi connectivity index (χ4v) is 2.40. The lowest BCUT2D eigenvalue weighted by Crippen LogP contribution is -2.06. The number of hydrogen-bond donors (Lipinski definition) is 3. The van der Waals surface area contributed by atoms with Crippen molar-refractivity contribution in [2.75, 3.05) is 24.3 Å². The predicted molar refractivity (Wildman–Crippen MR) is 93.7 cm³/mol. The first-order valence-corrected chi connectivity index (χ1v) is 7.72. The standard InChI is InChI=1S/C17H21N5O/c1-4-8-18-15-12-7-9-19-16(12)22-17(21-15)20-13-6-5-11(2)10-14(13)23-3/h5-7,9-10H,4,8H2,1-3H3,(H3,18,19,20,21,22). The first-order chi connectivity index (χ1) is 11.2. The van der Waals surface area contributed by atoms with Crippen LogP contribution in [0.4, 0.5) is 17.5 Å². The maximum Gasteiger partial charge on any atom is 0.231 e. The van der Waals surface area contributed by atoms with Gasteiger partial charge in [0.25, 0.3) is 0 Å². The first kappa shape index (κ1) is 15.1. The van der Waals surface area contributed by atoms with Gasteiger partial charge in [-0.1, -0.05) is 13.0 Å². The van der Waals surface area contributed by atoms with E-state index in [4.69, 9.17) is 4.74 Å².